The summed E-state index contributed by atoms with van der Waals surface area (Å²) >= 11 is 12.6. The smallest absolute Gasteiger partial charge is 0.501 e. The quantitative estimate of drug-likeness (QED) is 0.265. The molecule has 33 heavy (non-hydrogen) atoms. The zero-order valence-corrected chi connectivity index (χ0v) is 19.6. The second kappa shape index (κ2) is 10.7. The highest BCUT2D eigenvalue weighted by molar-refractivity contribution is 6.39. The van der Waals surface area contributed by atoms with Gasteiger partial charge in [0.05, 0.1) is 11.9 Å². The SMILES string of the molecule is Cc1ccc(OB(Oc2ccc(C)c(Cl)c2)OC(c2ccccc2)c2cnccn2)cc1Cl. The van der Waals surface area contributed by atoms with Crippen LogP contribution in [0.25, 0.3) is 0 Å². The molecule has 5 nitrogen and oxygen atoms in total. The van der Waals surface area contributed by atoms with Gasteiger partial charge >= 0.3 is 7.32 Å². The van der Waals surface area contributed by atoms with E-state index in [4.69, 9.17) is 37.2 Å². The van der Waals surface area contributed by atoms with Crippen molar-refractivity contribution in [2.45, 2.75) is 20.0 Å². The van der Waals surface area contributed by atoms with Gasteiger partial charge in [0.15, 0.2) is 0 Å². The van der Waals surface area contributed by atoms with Gasteiger partial charge in [0, 0.05) is 22.4 Å². The van der Waals surface area contributed by atoms with Crippen molar-refractivity contribution >= 4 is 30.5 Å². The second-order valence-electron chi connectivity index (χ2n) is 7.40. The Bertz CT molecular complexity index is 1120. The van der Waals surface area contributed by atoms with Crippen LogP contribution in [-0.4, -0.2) is 17.3 Å². The van der Waals surface area contributed by atoms with Crippen LogP contribution in [0.4, 0.5) is 0 Å². The van der Waals surface area contributed by atoms with Gasteiger partial charge in [-0.2, -0.15) is 0 Å². The fourth-order valence-corrected chi connectivity index (χ4v) is 3.44. The van der Waals surface area contributed by atoms with E-state index in [1.165, 1.54) is 0 Å². The first-order valence-electron chi connectivity index (χ1n) is 10.3. The lowest BCUT2D eigenvalue weighted by Crippen LogP contribution is -2.35. The maximum atomic E-state index is 6.34. The highest BCUT2D eigenvalue weighted by Gasteiger charge is 2.34. The first-order valence-corrected chi connectivity index (χ1v) is 11.1. The van der Waals surface area contributed by atoms with E-state index in [-0.39, 0.29) is 0 Å². The van der Waals surface area contributed by atoms with Crippen LogP contribution in [0.2, 0.25) is 10.0 Å². The summed E-state index contributed by atoms with van der Waals surface area (Å²) in [5, 5.41) is 1.16. The predicted molar refractivity (Wildman–Crippen MR) is 131 cm³/mol. The van der Waals surface area contributed by atoms with Crippen molar-refractivity contribution in [3.63, 3.8) is 0 Å². The lowest BCUT2D eigenvalue weighted by molar-refractivity contribution is 0.153. The molecular formula is C25H21BCl2N2O3. The van der Waals surface area contributed by atoms with E-state index in [0.717, 1.165) is 16.7 Å². The molecular weight excluding hydrogens is 458 g/mol. The second-order valence-corrected chi connectivity index (χ2v) is 8.22. The maximum Gasteiger partial charge on any atom is 0.788 e. The van der Waals surface area contributed by atoms with Gasteiger partial charge in [0.25, 0.3) is 0 Å². The molecule has 1 unspecified atom stereocenters. The Hall–Kier alpha value is -3.06. The summed E-state index contributed by atoms with van der Waals surface area (Å²) in [5.74, 6) is 1.000. The molecule has 1 heterocycles. The van der Waals surface area contributed by atoms with Gasteiger partial charge in [0.1, 0.15) is 17.6 Å². The third-order valence-electron chi connectivity index (χ3n) is 4.95. The standard InChI is InChI=1S/C25H21BCl2N2O3/c1-17-8-10-20(14-22(17)27)31-26(32-21-11-9-18(2)23(28)15-21)33-25(19-6-4-3-5-7-19)24-16-29-12-13-30-24/h3-16,25H,1-2H3. The Morgan fingerprint density at radius 3 is 1.91 bits per heavy atom. The van der Waals surface area contributed by atoms with Crippen LogP contribution in [0.3, 0.4) is 0 Å². The van der Waals surface area contributed by atoms with Gasteiger partial charge in [-0.3, -0.25) is 9.97 Å². The van der Waals surface area contributed by atoms with E-state index in [0.29, 0.717) is 27.2 Å². The zero-order valence-electron chi connectivity index (χ0n) is 18.1. The highest BCUT2D eigenvalue weighted by atomic mass is 35.5. The summed E-state index contributed by atoms with van der Waals surface area (Å²) < 4.78 is 18.5. The molecule has 0 aliphatic carbocycles. The Labute approximate surface area is 203 Å². The topological polar surface area (TPSA) is 53.5 Å². The van der Waals surface area contributed by atoms with Gasteiger partial charge in [0.2, 0.25) is 0 Å². The van der Waals surface area contributed by atoms with E-state index in [2.05, 4.69) is 9.97 Å². The minimum atomic E-state index is -1.13. The van der Waals surface area contributed by atoms with Crippen molar-refractivity contribution in [1.29, 1.82) is 0 Å². The number of hydrogen-bond donors (Lipinski definition) is 0. The molecule has 0 aliphatic heterocycles. The monoisotopic (exact) mass is 478 g/mol. The minimum Gasteiger partial charge on any atom is -0.501 e. The molecule has 0 saturated carbocycles. The van der Waals surface area contributed by atoms with Crippen LogP contribution in [-0.2, 0) is 4.65 Å². The number of aromatic nitrogens is 2. The molecule has 1 atom stereocenters. The Morgan fingerprint density at radius 2 is 1.39 bits per heavy atom. The van der Waals surface area contributed by atoms with Gasteiger partial charge in [-0.25, -0.2) is 0 Å². The molecule has 4 aromatic rings. The first-order chi connectivity index (χ1) is 16.0. The summed E-state index contributed by atoms with van der Waals surface area (Å²) in [5.41, 5.74) is 3.37. The number of aryl methyl sites for hydroxylation is 2. The summed E-state index contributed by atoms with van der Waals surface area (Å²) in [6, 6.07) is 20.5. The van der Waals surface area contributed by atoms with Crippen molar-refractivity contribution in [2.24, 2.45) is 0 Å². The van der Waals surface area contributed by atoms with Gasteiger partial charge in [-0.15, -0.1) is 0 Å². The zero-order chi connectivity index (χ0) is 23.2. The van der Waals surface area contributed by atoms with Crippen LogP contribution in [0, 0.1) is 13.8 Å². The largest absolute Gasteiger partial charge is 0.788 e. The summed E-state index contributed by atoms with van der Waals surface area (Å²) in [4.78, 5) is 8.62. The van der Waals surface area contributed by atoms with Crippen molar-refractivity contribution in [3.05, 3.63) is 118 Å². The van der Waals surface area contributed by atoms with Crippen LogP contribution < -0.4 is 9.31 Å². The fraction of sp³-hybridized carbons (Fsp3) is 0.120. The van der Waals surface area contributed by atoms with Crippen LogP contribution in [0.15, 0.2) is 85.3 Å². The minimum absolute atomic E-state index is 0.500. The number of hydrogen-bond acceptors (Lipinski definition) is 5. The number of halogens is 2. The van der Waals surface area contributed by atoms with Crippen molar-refractivity contribution in [1.82, 2.24) is 9.97 Å². The molecule has 0 saturated heterocycles. The molecule has 1 aromatic heterocycles. The molecule has 4 rings (SSSR count). The molecule has 0 radical (unpaired) electrons. The Kier molecular flexibility index (Phi) is 7.50. The average Bonchev–Trinajstić information content (AvgIpc) is 2.83. The number of nitrogens with zero attached hydrogens (tertiary/aromatic N) is 2. The molecule has 0 aliphatic rings. The molecule has 0 bridgehead atoms. The van der Waals surface area contributed by atoms with E-state index < -0.39 is 13.4 Å². The summed E-state index contributed by atoms with van der Waals surface area (Å²) in [7, 11) is -1.13. The lowest BCUT2D eigenvalue weighted by Gasteiger charge is -2.22. The van der Waals surface area contributed by atoms with E-state index in [9.17, 15) is 0 Å². The number of rotatable bonds is 8. The Morgan fingerprint density at radius 1 is 0.788 bits per heavy atom. The van der Waals surface area contributed by atoms with Crippen molar-refractivity contribution in [3.8, 4) is 11.5 Å². The molecule has 0 fully saturated rings. The molecule has 3 aromatic carbocycles. The van der Waals surface area contributed by atoms with Gasteiger partial charge in [-0.1, -0.05) is 65.7 Å². The molecule has 166 valence electrons. The normalized spacial score (nSPS) is 11.6. The lowest BCUT2D eigenvalue weighted by atomic mass is 10.0. The molecule has 8 heteroatoms. The van der Waals surface area contributed by atoms with Crippen LogP contribution >= 0.6 is 23.2 Å². The van der Waals surface area contributed by atoms with Gasteiger partial charge in [-0.05, 0) is 54.8 Å². The highest BCUT2D eigenvalue weighted by Crippen LogP contribution is 2.29. The summed E-state index contributed by atoms with van der Waals surface area (Å²) in [6.07, 6.45) is 4.29. The molecule has 0 amide bonds. The average molecular weight is 479 g/mol. The maximum absolute atomic E-state index is 6.34. The molecule has 0 spiro atoms. The van der Waals surface area contributed by atoms with Crippen LogP contribution in [0.5, 0.6) is 11.5 Å². The van der Waals surface area contributed by atoms with Gasteiger partial charge < -0.3 is 14.0 Å². The summed E-state index contributed by atoms with van der Waals surface area (Å²) in [6.45, 7) is 3.84. The van der Waals surface area contributed by atoms with Crippen molar-refractivity contribution in [2.75, 3.05) is 0 Å². The first kappa shape index (κ1) is 23.1. The number of benzene rings is 3. The van der Waals surface area contributed by atoms with Crippen LogP contribution in [0.1, 0.15) is 28.5 Å². The van der Waals surface area contributed by atoms with E-state index in [1.54, 1.807) is 30.7 Å². The third kappa shape index (κ3) is 6.05. The van der Waals surface area contributed by atoms with E-state index in [1.807, 2.05) is 68.4 Å². The van der Waals surface area contributed by atoms with E-state index >= 15 is 0 Å². The molecule has 0 N–H and O–H groups in total. The third-order valence-corrected chi connectivity index (χ3v) is 5.77. The predicted octanol–water partition coefficient (Wildman–Crippen LogP) is 6.65. The van der Waals surface area contributed by atoms with Crippen molar-refractivity contribution < 1.29 is 14.0 Å². The fourth-order valence-electron chi connectivity index (χ4n) is 3.10. The Balaban J connectivity index is 1.68.